The Hall–Kier alpha value is -2.82. The van der Waals surface area contributed by atoms with E-state index < -0.39 is 6.09 Å². The van der Waals surface area contributed by atoms with Crippen molar-refractivity contribution in [3.05, 3.63) is 65.7 Å². The molecule has 0 aliphatic rings. The van der Waals surface area contributed by atoms with Crippen LogP contribution < -0.4 is 4.90 Å². The normalized spacial score (nSPS) is 11.1. The Balaban J connectivity index is 2.11. The minimum absolute atomic E-state index is 0.212. The van der Waals surface area contributed by atoms with E-state index in [9.17, 15) is 9.90 Å². The van der Waals surface area contributed by atoms with Crippen LogP contribution in [-0.2, 0) is 11.4 Å². The van der Waals surface area contributed by atoms with Gasteiger partial charge in [-0.2, -0.15) is 0 Å². The highest BCUT2D eigenvalue weighted by Crippen LogP contribution is 2.21. The van der Waals surface area contributed by atoms with Gasteiger partial charge >= 0.3 is 6.09 Å². The van der Waals surface area contributed by atoms with Crippen LogP contribution in [0.4, 0.5) is 10.5 Å². The van der Waals surface area contributed by atoms with Crippen molar-refractivity contribution >= 4 is 17.5 Å². The summed E-state index contributed by atoms with van der Waals surface area (Å²) in [4.78, 5) is 18.0. The average molecular weight is 312 g/mol. The van der Waals surface area contributed by atoms with Gasteiger partial charge < -0.3 is 9.94 Å². The van der Waals surface area contributed by atoms with Gasteiger partial charge in [0.25, 0.3) is 0 Å². The first-order valence-electron chi connectivity index (χ1n) is 7.43. The Kier molecular flexibility index (Phi) is 5.74. The van der Waals surface area contributed by atoms with Gasteiger partial charge in [0.2, 0.25) is 0 Å². The van der Waals surface area contributed by atoms with Crippen molar-refractivity contribution in [3.63, 3.8) is 0 Å². The number of amides is 1. The Morgan fingerprint density at radius 3 is 2.43 bits per heavy atom. The topological polar surface area (TPSA) is 62.1 Å². The zero-order chi connectivity index (χ0) is 16.7. The lowest BCUT2D eigenvalue weighted by molar-refractivity contribution is 0.130. The van der Waals surface area contributed by atoms with Crippen LogP contribution in [0.15, 0.2) is 59.8 Å². The van der Waals surface area contributed by atoms with Gasteiger partial charge in [0.05, 0.1) is 11.4 Å². The molecule has 120 valence electrons. The predicted molar refractivity (Wildman–Crippen MR) is 90.9 cm³/mol. The molecule has 2 rings (SSSR count). The van der Waals surface area contributed by atoms with Gasteiger partial charge in [0.15, 0.2) is 0 Å². The minimum Gasteiger partial charge on any atom is -0.465 e. The largest absolute Gasteiger partial charge is 0.465 e. The van der Waals surface area contributed by atoms with Crippen molar-refractivity contribution in [2.45, 2.75) is 20.5 Å². The highest BCUT2D eigenvalue weighted by atomic mass is 16.6. The molecule has 0 aliphatic heterocycles. The number of nitrogens with zero attached hydrogens (tertiary/aromatic N) is 2. The predicted octanol–water partition coefficient (Wildman–Crippen LogP) is 4.13. The molecule has 2 aromatic rings. The summed E-state index contributed by atoms with van der Waals surface area (Å²) in [7, 11) is 0. The number of oxime groups is 1. The number of para-hydroxylation sites is 1. The third-order valence-electron chi connectivity index (χ3n) is 3.44. The molecule has 0 aliphatic carbocycles. The van der Waals surface area contributed by atoms with Crippen molar-refractivity contribution in [2.24, 2.45) is 5.16 Å². The molecule has 0 saturated carbocycles. The van der Waals surface area contributed by atoms with Crippen LogP contribution in [0.3, 0.4) is 0 Å². The van der Waals surface area contributed by atoms with Crippen LogP contribution in [0.25, 0.3) is 0 Å². The molecule has 2 aromatic carbocycles. The van der Waals surface area contributed by atoms with Crippen molar-refractivity contribution in [2.75, 3.05) is 11.4 Å². The van der Waals surface area contributed by atoms with Gasteiger partial charge in [-0.15, -0.1) is 0 Å². The van der Waals surface area contributed by atoms with E-state index in [-0.39, 0.29) is 6.61 Å². The van der Waals surface area contributed by atoms with Gasteiger partial charge in [0.1, 0.15) is 6.61 Å². The van der Waals surface area contributed by atoms with Crippen molar-refractivity contribution in [3.8, 4) is 0 Å². The second-order valence-corrected chi connectivity index (χ2v) is 4.97. The summed E-state index contributed by atoms with van der Waals surface area (Å²) in [6.45, 7) is 4.25. The Morgan fingerprint density at radius 2 is 1.78 bits per heavy atom. The number of carbonyl (C=O) groups is 1. The van der Waals surface area contributed by atoms with E-state index in [0.29, 0.717) is 12.2 Å². The average Bonchev–Trinajstić information content (AvgIpc) is 2.57. The van der Waals surface area contributed by atoms with E-state index in [1.165, 1.54) is 4.90 Å². The number of rotatable bonds is 6. The molecular formula is C18H20N2O3. The molecule has 0 atom stereocenters. The quantitative estimate of drug-likeness (QED) is 0.644. The highest BCUT2D eigenvalue weighted by Gasteiger charge is 2.15. The number of anilines is 1. The van der Waals surface area contributed by atoms with E-state index in [4.69, 9.17) is 4.84 Å². The van der Waals surface area contributed by atoms with E-state index in [1.807, 2.05) is 55.5 Å². The van der Waals surface area contributed by atoms with Crippen molar-refractivity contribution in [1.82, 2.24) is 0 Å². The standard InChI is InChI=1S/C18H20N2O3/c1-3-20(18(21)22)17-12-8-7-11-16(17)13-23-19-14(2)15-9-5-4-6-10-15/h4-12H,3,13H2,1-2H3,(H,21,22)/b19-14-. The number of hydrogen-bond acceptors (Lipinski definition) is 3. The summed E-state index contributed by atoms with van der Waals surface area (Å²) >= 11 is 0. The van der Waals surface area contributed by atoms with Crippen molar-refractivity contribution in [1.29, 1.82) is 0 Å². The van der Waals surface area contributed by atoms with Crippen LogP contribution >= 0.6 is 0 Å². The molecule has 0 aromatic heterocycles. The molecule has 0 unspecified atom stereocenters. The van der Waals surface area contributed by atoms with Crippen LogP contribution in [-0.4, -0.2) is 23.5 Å². The van der Waals surface area contributed by atoms with Gasteiger partial charge in [-0.1, -0.05) is 53.7 Å². The number of carboxylic acid groups (broad SMARTS) is 1. The minimum atomic E-state index is -0.982. The summed E-state index contributed by atoms with van der Waals surface area (Å²) in [6, 6.07) is 17.0. The monoisotopic (exact) mass is 312 g/mol. The zero-order valence-corrected chi connectivity index (χ0v) is 13.3. The van der Waals surface area contributed by atoms with Crippen LogP contribution in [0.2, 0.25) is 0 Å². The lowest BCUT2D eigenvalue weighted by atomic mass is 10.1. The van der Waals surface area contributed by atoms with E-state index in [2.05, 4.69) is 5.16 Å². The fourth-order valence-corrected chi connectivity index (χ4v) is 2.24. The summed E-state index contributed by atoms with van der Waals surface area (Å²) in [5.41, 5.74) is 3.16. The second-order valence-electron chi connectivity index (χ2n) is 4.97. The first-order valence-corrected chi connectivity index (χ1v) is 7.43. The summed E-state index contributed by atoms with van der Waals surface area (Å²) < 4.78 is 0. The Labute approximate surface area is 135 Å². The Morgan fingerprint density at radius 1 is 1.13 bits per heavy atom. The molecule has 0 heterocycles. The van der Waals surface area contributed by atoms with Crippen LogP contribution in [0.5, 0.6) is 0 Å². The molecule has 5 heteroatoms. The number of hydrogen-bond donors (Lipinski definition) is 1. The maximum absolute atomic E-state index is 11.3. The van der Waals surface area contributed by atoms with E-state index in [0.717, 1.165) is 16.8 Å². The van der Waals surface area contributed by atoms with Gasteiger partial charge in [0, 0.05) is 12.1 Å². The summed E-state index contributed by atoms with van der Waals surface area (Å²) in [5.74, 6) is 0. The number of benzene rings is 2. The molecule has 0 saturated heterocycles. The van der Waals surface area contributed by atoms with Gasteiger partial charge in [-0.25, -0.2) is 4.79 Å². The maximum Gasteiger partial charge on any atom is 0.411 e. The zero-order valence-electron chi connectivity index (χ0n) is 13.3. The molecule has 0 radical (unpaired) electrons. The van der Waals surface area contributed by atoms with Crippen molar-refractivity contribution < 1.29 is 14.7 Å². The summed E-state index contributed by atoms with van der Waals surface area (Å²) in [5, 5.41) is 13.4. The third-order valence-corrected chi connectivity index (χ3v) is 3.44. The molecular weight excluding hydrogens is 292 g/mol. The van der Waals surface area contributed by atoms with Gasteiger partial charge in [-0.3, -0.25) is 4.90 Å². The molecule has 1 N–H and O–H groups in total. The lowest BCUT2D eigenvalue weighted by Crippen LogP contribution is -2.29. The van der Waals surface area contributed by atoms with E-state index in [1.54, 1.807) is 13.0 Å². The molecule has 0 fully saturated rings. The van der Waals surface area contributed by atoms with Crippen LogP contribution in [0, 0.1) is 0 Å². The molecule has 0 bridgehead atoms. The molecule has 5 nitrogen and oxygen atoms in total. The molecule has 1 amide bonds. The van der Waals surface area contributed by atoms with Gasteiger partial charge in [-0.05, 0) is 25.5 Å². The second kappa shape index (κ2) is 7.98. The third kappa shape index (κ3) is 4.32. The highest BCUT2D eigenvalue weighted by molar-refractivity contribution is 5.98. The molecule has 0 spiro atoms. The fraction of sp³-hybridized carbons (Fsp3) is 0.222. The summed E-state index contributed by atoms with van der Waals surface area (Å²) in [6.07, 6.45) is -0.982. The fourth-order valence-electron chi connectivity index (χ4n) is 2.24. The Bertz CT molecular complexity index is 684. The SMILES string of the molecule is CCN(C(=O)O)c1ccccc1CO/N=C(/C)c1ccccc1. The van der Waals surface area contributed by atoms with E-state index >= 15 is 0 Å². The molecule has 23 heavy (non-hydrogen) atoms. The lowest BCUT2D eigenvalue weighted by Gasteiger charge is -2.20. The maximum atomic E-state index is 11.3. The first kappa shape index (κ1) is 16.5. The smallest absolute Gasteiger partial charge is 0.411 e. The van der Waals surface area contributed by atoms with Crippen LogP contribution in [0.1, 0.15) is 25.0 Å². The first-order chi connectivity index (χ1) is 11.1.